The van der Waals surface area contributed by atoms with Gasteiger partial charge in [-0.1, -0.05) is 6.92 Å². The van der Waals surface area contributed by atoms with Gasteiger partial charge in [0.15, 0.2) is 0 Å². The van der Waals surface area contributed by atoms with Gasteiger partial charge in [-0.05, 0) is 24.1 Å². The normalized spacial score (nSPS) is 14.7. The van der Waals surface area contributed by atoms with E-state index in [2.05, 4.69) is 0 Å². The van der Waals surface area contributed by atoms with Crippen LogP contribution in [0, 0.1) is 11.6 Å². The van der Waals surface area contributed by atoms with Crippen LogP contribution >= 0.6 is 0 Å². The van der Waals surface area contributed by atoms with Gasteiger partial charge in [-0.2, -0.15) is 0 Å². The molecule has 0 saturated carbocycles. The van der Waals surface area contributed by atoms with Gasteiger partial charge >= 0.3 is 5.97 Å². The van der Waals surface area contributed by atoms with Crippen LogP contribution in [0.4, 0.5) is 8.78 Å². The molecule has 0 amide bonds. The first-order valence-corrected chi connectivity index (χ1v) is 8.09. The zero-order valence-corrected chi connectivity index (χ0v) is 12.3. The molecule has 3 N–H and O–H groups in total. The van der Waals surface area contributed by atoms with Crippen molar-refractivity contribution in [3.05, 3.63) is 35.4 Å². The quantitative estimate of drug-likeness (QED) is 0.783. The highest BCUT2D eigenvalue weighted by Crippen LogP contribution is 2.29. The third-order valence-electron chi connectivity index (χ3n) is 3.45. The zero-order valence-electron chi connectivity index (χ0n) is 11.5. The topological polar surface area (TPSA) is 97.5 Å². The van der Waals surface area contributed by atoms with Crippen molar-refractivity contribution in [1.29, 1.82) is 0 Å². The lowest BCUT2D eigenvalue weighted by molar-refractivity contribution is -0.143. The van der Waals surface area contributed by atoms with E-state index in [-0.39, 0.29) is 17.7 Å². The van der Waals surface area contributed by atoms with Gasteiger partial charge < -0.3 is 10.8 Å². The lowest BCUT2D eigenvalue weighted by atomic mass is 9.78. The summed E-state index contributed by atoms with van der Waals surface area (Å²) < 4.78 is 49.7. The molecule has 0 saturated heterocycles. The number of carboxylic acids is 1. The molecule has 1 unspecified atom stereocenters. The van der Waals surface area contributed by atoms with Gasteiger partial charge in [-0.3, -0.25) is 4.79 Å². The van der Waals surface area contributed by atoms with Crippen molar-refractivity contribution < 1.29 is 27.1 Å². The van der Waals surface area contributed by atoms with Crippen molar-refractivity contribution in [3.63, 3.8) is 0 Å². The molecule has 0 spiro atoms. The Kier molecular flexibility index (Phi) is 5.41. The Labute approximate surface area is 121 Å². The van der Waals surface area contributed by atoms with Crippen molar-refractivity contribution >= 4 is 15.8 Å². The molecule has 5 nitrogen and oxygen atoms in total. The van der Waals surface area contributed by atoms with Gasteiger partial charge in [0, 0.05) is 18.4 Å². The summed E-state index contributed by atoms with van der Waals surface area (Å²) in [6.07, 6.45) is -0.349. The molecule has 118 valence electrons. The summed E-state index contributed by atoms with van der Waals surface area (Å²) in [4.78, 5) is 11.6. The highest BCUT2D eigenvalue weighted by Gasteiger charge is 2.40. The van der Waals surface area contributed by atoms with Gasteiger partial charge in [0.25, 0.3) is 0 Å². The summed E-state index contributed by atoms with van der Waals surface area (Å²) in [5.74, 6) is -3.87. The predicted molar refractivity (Wildman–Crippen MR) is 73.7 cm³/mol. The second-order valence-corrected chi connectivity index (χ2v) is 7.21. The number of rotatable bonds is 7. The molecule has 0 fully saturated rings. The smallest absolute Gasteiger partial charge is 0.315 e. The Hall–Kier alpha value is -1.54. The fourth-order valence-corrected chi connectivity index (χ4v) is 2.93. The van der Waals surface area contributed by atoms with Crippen LogP contribution in [0.2, 0.25) is 0 Å². The second-order valence-electron chi connectivity index (χ2n) is 4.74. The van der Waals surface area contributed by atoms with Crippen LogP contribution < -0.4 is 5.73 Å². The number of aliphatic carboxylic acids is 1. The lowest BCUT2D eigenvalue weighted by Gasteiger charge is -2.28. The van der Waals surface area contributed by atoms with Crippen molar-refractivity contribution in [1.82, 2.24) is 0 Å². The minimum Gasteiger partial charge on any atom is -0.481 e. The number of carboxylic acid groups (broad SMARTS) is 1. The van der Waals surface area contributed by atoms with Crippen LogP contribution in [-0.2, 0) is 20.0 Å². The zero-order chi connectivity index (χ0) is 16.3. The maximum absolute atomic E-state index is 13.3. The fraction of sp³-hybridized carbons (Fsp3) is 0.462. The van der Waals surface area contributed by atoms with Crippen LogP contribution in [0.25, 0.3) is 0 Å². The van der Waals surface area contributed by atoms with E-state index in [0.717, 1.165) is 12.1 Å². The highest BCUT2D eigenvalue weighted by molar-refractivity contribution is 7.91. The third kappa shape index (κ3) is 3.98. The van der Waals surface area contributed by atoms with Crippen LogP contribution in [0.5, 0.6) is 0 Å². The molecule has 1 atom stereocenters. The number of hydrogen-bond acceptors (Lipinski definition) is 4. The molecule has 0 heterocycles. The molecule has 1 aromatic carbocycles. The van der Waals surface area contributed by atoms with E-state index in [1.54, 1.807) is 0 Å². The summed E-state index contributed by atoms with van der Waals surface area (Å²) in [5.41, 5.74) is 3.47. The lowest BCUT2D eigenvalue weighted by Crippen LogP contribution is -2.44. The Bertz CT molecular complexity index is 613. The van der Waals surface area contributed by atoms with Crippen molar-refractivity contribution in [2.75, 3.05) is 18.1 Å². The average molecular weight is 321 g/mol. The minimum atomic E-state index is -3.43. The SMILES string of the molecule is CCS(=O)(=O)CCC(CN)(C(=O)O)c1cc(F)cc(F)c1. The van der Waals surface area contributed by atoms with Gasteiger partial charge in [0.2, 0.25) is 0 Å². The average Bonchev–Trinajstić information content (AvgIpc) is 2.38. The number of sulfone groups is 1. The summed E-state index contributed by atoms with van der Waals surface area (Å²) in [6, 6.07) is 2.33. The van der Waals surface area contributed by atoms with Gasteiger partial charge in [-0.15, -0.1) is 0 Å². The molecule has 0 aromatic heterocycles. The van der Waals surface area contributed by atoms with Crippen molar-refractivity contribution in [3.8, 4) is 0 Å². The van der Waals surface area contributed by atoms with E-state index in [1.807, 2.05) is 0 Å². The van der Waals surface area contributed by atoms with Crippen molar-refractivity contribution in [2.24, 2.45) is 5.73 Å². The minimum absolute atomic E-state index is 0.148. The largest absolute Gasteiger partial charge is 0.481 e. The summed E-state index contributed by atoms with van der Waals surface area (Å²) >= 11 is 0. The van der Waals surface area contributed by atoms with Gasteiger partial charge in [0.05, 0.1) is 5.75 Å². The molecule has 0 bridgehead atoms. The van der Waals surface area contributed by atoms with E-state index in [4.69, 9.17) is 5.73 Å². The van der Waals surface area contributed by atoms with E-state index < -0.39 is 45.2 Å². The molecule has 0 aliphatic heterocycles. The maximum atomic E-state index is 13.3. The molecular weight excluding hydrogens is 304 g/mol. The standard InChI is InChI=1S/C13H17F2NO4S/c1-2-21(19,20)4-3-13(8-16,12(17)18)9-5-10(14)7-11(15)6-9/h5-7H,2-4,8,16H2,1H3,(H,17,18). The third-order valence-corrected chi connectivity index (χ3v) is 5.16. The molecule has 1 aromatic rings. The monoisotopic (exact) mass is 321 g/mol. The number of benzene rings is 1. The molecule has 0 aliphatic rings. The van der Waals surface area contributed by atoms with E-state index in [9.17, 15) is 27.1 Å². The Morgan fingerprint density at radius 1 is 1.29 bits per heavy atom. The first-order chi connectivity index (χ1) is 9.66. The Morgan fingerprint density at radius 3 is 2.19 bits per heavy atom. The van der Waals surface area contributed by atoms with Gasteiger partial charge in [-0.25, -0.2) is 17.2 Å². The fourth-order valence-electron chi connectivity index (χ4n) is 1.99. The number of hydrogen-bond donors (Lipinski definition) is 2. The predicted octanol–water partition coefficient (Wildman–Crippen LogP) is 1.07. The van der Waals surface area contributed by atoms with Gasteiger partial charge in [0.1, 0.15) is 26.9 Å². The molecule has 0 radical (unpaired) electrons. The first kappa shape index (κ1) is 17.5. The Balaban J connectivity index is 3.29. The molecule has 0 aliphatic carbocycles. The second kappa shape index (κ2) is 6.48. The summed E-state index contributed by atoms with van der Waals surface area (Å²) in [7, 11) is -3.43. The van der Waals surface area contributed by atoms with E-state index in [0.29, 0.717) is 6.07 Å². The van der Waals surface area contributed by atoms with Crippen LogP contribution in [0.3, 0.4) is 0 Å². The highest BCUT2D eigenvalue weighted by atomic mass is 32.2. The number of carbonyl (C=O) groups is 1. The maximum Gasteiger partial charge on any atom is 0.315 e. The van der Waals surface area contributed by atoms with Crippen molar-refractivity contribution in [2.45, 2.75) is 18.8 Å². The first-order valence-electron chi connectivity index (χ1n) is 6.27. The van der Waals surface area contributed by atoms with Crippen LogP contribution in [0.15, 0.2) is 18.2 Å². The molecular formula is C13H17F2NO4S. The molecule has 21 heavy (non-hydrogen) atoms. The molecule has 8 heteroatoms. The summed E-state index contributed by atoms with van der Waals surface area (Å²) in [5, 5.41) is 9.41. The van der Waals surface area contributed by atoms with Crippen LogP contribution in [-0.4, -0.2) is 37.5 Å². The number of halogens is 2. The molecule has 1 rings (SSSR count). The number of nitrogens with two attached hydrogens (primary N) is 1. The van der Waals surface area contributed by atoms with E-state index in [1.165, 1.54) is 6.92 Å². The van der Waals surface area contributed by atoms with Crippen LogP contribution in [0.1, 0.15) is 18.9 Å². The van der Waals surface area contributed by atoms with E-state index >= 15 is 0 Å². The summed E-state index contributed by atoms with van der Waals surface area (Å²) in [6.45, 7) is 0.965. The Morgan fingerprint density at radius 2 is 1.81 bits per heavy atom.